The van der Waals surface area contributed by atoms with Gasteiger partial charge in [-0.1, -0.05) is 72.5 Å². The van der Waals surface area contributed by atoms with E-state index in [-0.39, 0.29) is 22.8 Å². The maximum Gasteiger partial charge on any atom is 0.417 e. The van der Waals surface area contributed by atoms with Crippen molar-refractivity contribution in [3.8, 4) is 11.1 Å². The summed E-state index contributed by atoms with van der Waals surface area (Å²) in [6, 6.07) is 16.2. The average Bonchev–Trinajstić information content (AvgIpc) is 3.29. The highest BCUT2D eigenvalue weighted by atomic mass is 32.2. The predicted molar refractivity (Wildman–Crippen MR) is 114 cm³/mol. The number of halogens is 3. The molecule has 0 N–H and O–H groups in total. The second-order valence-electron chi connectivity index (χ2n) is 6.53. The van der Waals surface area contributed by atoms with Crippen LogP contribution in [0.15, 0.2) is 76.2 Å². The number of alkyl halides is 3. The Balaban J connectivity index is 1.58. The zero-order chi connectivity index (χ0) is 21.3. The molecule has 4 rings (SSSR count). The summed E-state index contributed by atoms with van der Waals surface area (Å²) in [5.74, 6) is 0.0182. The van der Waals surface area contributed by atoms with Crippen LogP contribution in [0.2, 0.25) is 0 Å². The Morgan fingerprint density at radius 1 is 1.07 bits per heavy atom. The van der Waals surface area contributed by atoms with Crippen LogP contribution in [0.25, 0.3) is 17.2 Å². The van der Waals surface area contributed by atoms with E-state index >= 15 is 0 Å². The molecule has 0 spiro atoms. The topological polar surface area (TPSA) is 33.5 Å². The van der Waals surface area contributed by atoms with Gasteiger partial charge in [0.25, 0.3) is 5.91 Å². The van der Waals surface area contributed by atoms with Gasteiger partial charge in [0.15, 0.2) is 0 Å². The third-order valence-corrected chi connectivity index (χ3v) is 5.87. The smallest absolute Gasteiger partial charge is 0.417 e. The molecule has 8 heteroatoms. The van der Waals surface area contributed by atoms with Crippen molar-refractivity contribution >= 4 is 40.3 Å². The highest BCUT2D eigenvalue weighted by molar-refractivity contribution is 8.26. The number of amides is 1. The molecule has 0 aliphatic carbocycles. The fraction of sp³-hybridized carbons (Fsp3) is 0.0909. The maximum absolute atomic E-state index is 13.3. The SMILES string of the molecule is O=C1C(=Cc2cc(-c3ccccc3C(F)(F)F)co2)SC(=S)N1Cc1ccccc1. The lowest BCUT2D eigenvalue weighted by Crippen LogP contribution is -2.27. The van der Waals surface area contributed by atoms with Crippen LogP contribution in [0.1, 0.15) is 16.9 Å². The molecule has 1 aromatic heterocycles. The van der Waals surface area contributed by atoms with Crippen LogP contribution in [-0.2, 0) is 17.5 Å². The zero-order valence-electron chi connectivity index (χ0n) is 15.3. The van der Waals surface area contributed by atoms with E-state index in [1.165, 1.54) is 41.5 Å². The number of hydrogen-bond acceptors (Lipinski definition) is 4. The summed E-state index contributed by atoms with van der Waals surface area (Å²) in [6.07, 6.45) is -1.72. The molecule has 1 aliphatic rings. The van der Waals surface area contributed by atoms with Crippen LogP contribution < -0.4 is 0 Å². The molecule has 3 aromatic rings. The Bertz CT molecular complexity index is 1140. The predicted octanol–water partition coefficient (Wildman–Crippen LogP) is 6.37. The normalized spacial score (nSPS) is 16.0. The molecule has 0 unspecified atom stereocenters. The fourth-order valence-corrected chi connectivity index (χ4v) is 4.32. The fourth-order valence-electron chi connectivity index (χ4n) is 3.08. The first-order valence-electron chi connectivity index (χ1n) is 8.87. The zero-order valence-corrected chi connectivity index (χ0v) is 17.0. The minimum Gasteiger partial charge on any atom is -0.464 e. The number of furan rings is 1. The molecular weight excluding hydrogens is 431 g/mol. The highest BCUT2D eigenvalue weighted by Crippen LogP contribution is 2.38. The molecule has 1 aliphatic heterocycles. The molecule has 2 heterocycles. The third-order valence-electron chi connectivity index (χ3n) is 4.49. The van der Waals surface area contributed by atoms with Crippen LogP contribution in [0, 0.1) is 0 Å². The molecule has 152 valence electrons. The van der Waals surface area contributed by atoms with Crippen LogP contribution in [0.5, 0.6) is 0 Å². The summed E-state index contributed by atoms with van der Waals surface area (Å²) in [5.41, 5.74) is 0.504. The van der Waals surface area contributed by atoms with Gasteiger partial charge >= 0.3 is 6.18 Å². The number of rotatable bonds is 4. The molecular formula is C22H14F3NO2S2. The van der Waals surface area contributed by atoms with E-state index in [9.17, 15) is 18.0 Å². The largest absolute Gasteiger partial charge is 0.464 e. The molecule has 0 radical (unpaired) electrons. The van der Waals surface area contributed by atoms with Crippen molar-refractivity contribution in [3.05, 3.63) is 88.7 Å². The van der Waals surface area contributed by atoms with E-state index < -0.39 is 11.7 Å². The van der Waals surface area contributed by atoms with Gasteiger partial charge in [0, 0.05) is 11.6 Å². The number of thioether (sulfide) groups is 1. The number of nitrogens with zero attached hydrogens (tertiary/aromatic N) is 1. The first-order chi connectivity index (χ1) is 14.3. The van der Waals surface area contributed by atoms with Gasteiger partial charge in [0.1, 0.15) is 10.1 Å². The van der Waals surface area contributed by atoms with Gasteiger partial charge in [-0.3, -0.25) is 9.69 Å². The summed E-state index contributed by atoms with van der Waals surface area (Å²) in [5, 5.41) is 0. The highest BCUT2D eigenvalue weighted by Gasteiger charge is 2.34. The summed E-state index contributed by atoms with van der Waals surface area (Å²) in [4.78, 5) is 14.6. The minimum atomic E-state index is -4.48. The minimum absolute atomic E-state index is 0.0185. The summed E-state index contributed by atoms with van der Waals surface area (Å²) in [6.45, 7) is 0.352. The number of hydrogen-bond donors (Lipinski definition) is 0. The Morgan fingerprint density at radius 3 is 2.50 bits per heavy atom. The molecule has 1 fully saturated rings. The van der Waals surface area contributed by atoms with Crippen LogP contribution in [-0.4, -0.2) is 15.1 Å². The Hall–Kier alpha value is -2.84. The van der Waals surface area contributed by atoms with Gasteiger partial charge in [-0.2, -0.15) is 13.2 Å². The molecule has 0 atom stereocenters. The number of thiocarbonyl (C=S) groups is 1. The van der Waals surface area contributed by atoms with Gasteiger partial charge in [-0.05, 0) is 23.3 Å². The van der Waals surface area contributed by atoms with E-state index in [0.717, 1.165) is 23.4 Å². The Kier molecular flexibility index (Phi) is 5.53. The molecule has 3 nitrogen and oxygen atoms in total. The van der Waals surface area contributed by atoms with Crippen molar-refractivity contribution in [2.75, 3.05) is 0 Å². The van der Waals surface area contributed by atoms with Crippen molar-refractivity contribution in [1.29, 1.82) is 0 Å². The van der Waals surface area contributed by atoms with Crippen molar-refractivity contribution in [1.82, 2.24) is 4.90 Å². The molecule has 0 saturated carbocycles. The molecule has 0 bridgehead atoms. The summed E-state index contributed by atoms with van der Waals surface area (Å²) < 4.78 is 45.7. The lowest BCUT2D eigenvalue weighted by Gasteiger charge is -2.14. The first-order valence-corrected chi connectivity index (χ1v) is 10.1. The number of benzene rings is 2. The lowest BCUT2D eigenvalue weighted by molar-refractivity contribution is -0.137. The van der Waals surface area contributed by atoms with E-state index in [0.29, 0.717) is 15.8 Å². The first kappa shape index (κ1) is 20.4. The number of carbonyl (C=O) groups is 1. The van der Waals surface area contributed by atoms with Gasteiger partial charge in [0.05, 0.1) is 23.3 Å². The standard InChI is InChI=1S/C22H14F3NO2S2/c23-22(24,25)18-9-5-4-8-17(18)15-10-16(28-13-15)11-19-20(27)26(21(29)30-19)12-14-6-2-1-3-7-14/h1-11,13H,12H2. The van der Waals surface area contributed by atoms with E-state index in [1.54, 1.807) is 0 Å². The average molecular weight is 445 g/mol. The van der Waals surface area contributed by atoms with E-state index in [4.69, 9.17) is 16.6 Å². The van der Waals surface area contributed by atoms with Crippen molar-refractivity contribution in [3.63, 3.8) is 0 Å². The summed E-state index contributed by atoms with van der Waals surface area (Å²) >= 11 is 6.46. The third kappa shape index (κ3) is 4.20. The van der Waals surface area contributed by atoms with Crippen molar-refractivity contribution < 1.29 is 22.4 Å². The molecule has 1 saturated heterocycles. The second kappa shape index (κ2) is 8.12. The van der Waals surface area contributed by atoms with E-state index in [2.05, 4.69) is 0 Å². The van der Waals surface area contributed by atoms with Gasteiger partial charge in [0.2, 0.25) is 0 Å². The van der Waals surface area contributed by atoms with Crippen molar-refractivity contribution in [2.45, 2.75) is 12.7 Å². The summed E-state index contributed by atoms with van der Waals surface area (Å²) in [7, 11) is 0. The lowest BCUT2D eigenvalue weighted by atomic mass is 10.0. The second-order valence-corrected chi connectivity index (χ2v) is 8.21. The molecule has 2 aromatic carbocycles. The van der Waals surface area contributed by atoms with Gasteiger partial charge < -0.3 is 4.42 Å². The van der Waals surface area contributed by atoms with Gasteiger partial charge in [-0.15, -0.1) is 0 Å². The Labute approximate surface area is 180 Å². The maximum atomic E-state index is 13.3. The number of carbonyl (C=O) groups excluding carboxylic acids is 1. The van der Waals surface area contributed by atoms with Crippen molar-refractivity contribution in [2.24, 2.45) is 0 Å². The van der Waals surface area contributed by atoms with Gasteiger partial charge in [-0.25, -0.2) is 0 Å². The molecule has 1 amide bonds. The van der Waals surface area contributed by atoms with E-state index in [1.807, 2.05) is 30.3 Å². The Morgan fingerprint density at radius 2 is 1.77 bits per heavy atom. The monoisotopic (exact) mass is 445 g/mol. The molecule has 30 heavy (non-hydrogen) atoms. The van der Waals surface area contributed by atoms with Crippen LogP contribution in [0.4, 0.5) is 13.2 Å². The van der Waals surface area contributed by atoms with Crippen LogP contribution in [0.3, 0.4) is 0 Å². The quantitative estimate of drug-likeness (QED) is 0.345. The van der Waals surface area contributed by atoms with Crippen LogP contribution >= 0.6 is 24.0 Å².